The molecule has 0 aliphatic rings. The smallest absolute Gasteiger partial charge is 0.331 e. The Bertz CT molecular complexity index is 363. The molecule has 26 heavy (non-hydrogen) atoms. The van der Waals surface area contributed by atoms with Gasteiger partial charge in [-0.25, -0.2) is 9.59 Å². The fraction of sp³-hybridized carbons (Fsp3) is 0.818. The van der Waals surface area contributed by atoms with Crippen LogP contribution in [0.1, 0.15) is 104 Å². The van der Waals surface area contributed by atoms with E-state index in [0.29, 0.717) is 13.2 Å². The molecular weight excluding hydrogens is 328 g/mol. The first-order valence-corrected chi connectivity index (χ1v) is 10.7. The van der Waals surface area contributed by atoms with Gasteiger partial charge in [-0.3, -0.25) is 0 Å². The number of carbonyl (C=O) groups is 2. The maximum absolute atomic E-state index is 11.4. The molecule has 0 rings (SSSR count). The number of ether oxygens (including phenoxy) is 2. The molecule has 0 amide bonds. The molecule has 0 aliphatic carbocycles. The van der Waals surface area contributed by atoms with Crippen LogP contribution in [0.5, 0.6) is 0 Å². The van der Waals surface area contributed by atoms with E-state index in [-0.39, 0.29) is 0 Å². The Hall–Kier alpha value is -1.32. The number of esters is 2. The van der Waals surface area contributed by atoms with E-state index in [1.165, 1.54) is 77.0 Å². The van der Waals surface area contributed by atoms with Crippen LogP contribution in [-0.2, 0) is 19.1 Å². The Morgan fingerprint density at radius 3 is 1.38 bits per heavy atom. The summed E-state index contributed by atoms with van der Waals surface area (Å²) in [6, 6.07) is 0. The van der Waals surface area contributed by atoms with E-state index in [1.807, 2.05) is 0 Å². The largest absolute Gasteiger partial charge is 0.463 e. The van der Waals surface area contributed by atoms with Gasteiger partial charge < -0.3 is 9.47 Å². The van der Waals surface area contributed by atoms with Crippen molar-refractivity contribution in [3.05, 3.63) is 12.2 Å². The van der Waals surface area contributed by atoms with Crippen LogP contribution < -0.4 is 0 Å². The van der Waals surface area contributed by atoms with Crippen molar-refractivity contribution in [2.75, 3.05) is 13.2 Å². The molecule has 0 aromatic carbocycles. The summed E-state index contributed by atoms with van der Waals surface area (Å²) in [7, 11) is 0. The van der Waals surface area contributed by atoms with Crippen molar-refractivity contribution in [3.63, 3.8) is 0 Å². The van der Waals surface area contributed by atoms with Crippen molar-refractivity contribution in [3.8, 4) is 0 Å². The van der Waals surface area contributed by atoms with Crippen molar-refractivity contribution in [2.45, 2.75) is 104 Å². The molecule has 0 atom stereocenters. The average molecular weight is 369 g/mol. The van der Waals surface area contributed by atoms with Gasteiger partial charge in [0.1, 0.15) is 0 Å². The second-order valence-corrected chi connectivity index (χ2v) is 6.85. The van der Waals surface area contributed by atoms with Crippen LogP contribution in [-0.4, -0.2) is 25.2 Å². The molecule has 4 nitrogen and oxygen atoms in total. The van der Waals surface area contributed by atoms with Crippen LogP contribution in [0.15, 0.2) is 12.2 Å². The van der Waals surface area contributed by atoms with Crippen LogP contribution >= 0.6 is 0 Å². The zero-order valence-electron chi connectivity index (χ0n) is 17.1. The molecule has 4 heteroatoms. The molecule has 0 heterocycles. The minimum Gasteiger partial charge on any atom is -0.463 e. The molecule has 0 bridgehead atoms. The molecule has 0 spiro atoms. The molecule has 152 valence electrons. The van der Waals surface area contributed by atoms with Gasteiger partial charge in [-0.2, -0.15) is 0 Å². The fourth-order valence-corrected chi connectivity index (χ4v) is 2.84. The number of hydrogen-bond donors (Lipinski definition) is 0. The van der Waals surface area contributed by atoms with E-state index in [9.17, 15) is 9.59 Å². The normalized spacial score (nSPS) is 11.0. The topological polar surface area (TPSA) is 52.6 Å². The van der Waals surface area contributed by atoms with Crippen LogP contribution in [0.25, 0.3) is 0 Å². The third-order valence-corrected chi connectivity index (χ3v) is 4.38. The highest BCUT2D eigenvalue weighted by atomic mass is 16.5. The molecule has 0 unspecified atom stereocenters. The first kappa shape index (κ1) is 24.7. The zero-order valence-corrected chi connectivity index (χ0v) is 17.1. The Balaban J connectivity index is 3.24. The fourth-order valence-electron chi connectivity index (χ4n) is 2.84. The summed E-state index contributed by atoms with van der Waals surface area (Å²) in [5.74, 6) is -0.992. The lowest BCUT2D eigenvalue weighted by atomic mass is 10.0. The van der Waals surface area contributed by atoms with E-state index in [4.69, 9.17) is 4.74 Å². The van der Waals surface area contributed by atoms with E-state index in [1.54, 1.807) is 6.92 Å². The van der Waals surface area contributed by atoms with Crippen molar-refractivity contribution in [2.24, 2.45) is 0 Å². The number of unbranched alkanes of at least 4 members (excludes halogenated alkanes) is 13. The van der Waals surface area contributed by atoms with Crippen molar-refractivity contribution in [1.82, 2.24) is 0 Å². The lowest BCUT2D eigenvalue weighted by Crippen LogP contribution is -2.05. The van der Waals surface area contributed by atoms with Crippen LogP contribution in [0, 0.1) is 0 Å². The lowest BCUT2D eigenvalue weighted by Gasteiger charge is -2.04. The third kappa shape index (κ3) is 19.0. The first-order valence-electron chi connectivity index (χ1n) is 10.7. The molecule has 0 aromatic rings. The molecule has 0 saturated carbocycles. The van der Waals surface area contributed by atoms with Gasteiger partial charge >= 0.3 is 11.9 Å². The molecule has 0 saturated heterocycles. The SMILES string of the molecule is CCCCCCCCCCCCCCCCOC(=O)C=CC(=O)OCC. The van der Waals surface area contributed by atoms with Gasteiger partial charge in [-0.15, -0.1) is 0 Å². The van der Waals surface area contributed by atoms with Gasteiger partial charge in [0.15, 0.2) is 0 Å². The molecule has 0 radical (unpaired) electrons. The summed E-state index contributed by atoms with van der Waals surface area (Å²) in [5, 5.41) is 0. The summed E-state index contributed by atoms with van der Waals surface area (Å²) in [5.41, 5.74) is 0. The molecule has 0 N–H and O–H groups in total. The van der Waals surface area contributed by atoms with Crippen molar-refractivity contribution >= 4 is 11.9 Å². The molecule has 0 aliphatic heterocycles. The monoisotopic (exact) mass is 368 g/mol. The Labute approximate surface area is 160 Å². The highest BCUT2D eigenvalue weighted by Gasteiger charge is 2.00. The summed E-state index contributed by atoms with van der Waals surface area (Å²) < 4.78 is 9.73. The highest BCUT2D eigenvalue weighted by Crippen LogP contribution is 2.12. The van der Waals surface area contributed by atoms with Gasteiger partial charge in [0.2, 0.25) is 0 Å². The quantitative estimate of drug-likeness (QED) is 0.166. The lowest BCUT2D eigenvalue weighted by molar-refractivity contribution is -0.140. The Morgan fingerprint density at radius 1 is 0.577 bits per heavy atom. The van der Waals surface area contributed by atoms with Gasteiger partial charge in [-0.05, 0) is 13.3 Å². The number of carbonyl (C=O) groups excluding carboxylic acids is 2. The molecular formula is C22H40O4. The van der Waals surface area contributed by atoms with Crippen molar-refractivity contribution in [1.29, 1.82) is 0 Å². The van der Waals surface area contributed by atoms with Gasteiger partial charge in [0.25, 0.3) is 0 Å². The third-order valence-electron chi connectivity index (χ3n) is 4.38. The predicted octanol–water partition coefficient (Wildman–Crippen LogP) is 6.13. The van der Waals surface area contributed by atoms with E-state index in [2.05, 4.69) is 11.7 Å². The summed E-state index contributed by atoms with van der Waals surface area (Å²) in [4.78, 5) is 22.4. The molecule has 0 aromatic heterocycles. The van der Waals surface area contributed by atoms with Crippen LogP contribution in [0.4, 0.5) is 0 Å². The standard InChI is InChI=1S/C22H40O4/c1-3-5-6-7-8-9-10-11-12-13-14-15-16-17-20-26-22(24)19-18-21(23)25-4-2/h18-19H,3-17,20H2,1-2H3. The predicted molar refractivity (Wildman–Crippen MR) is 107 cm³/mol. The first-order chi connectivity index (χ1) is 12.7. The van der Waals surface area contributed by atoms with Gasteiger partial charge in [-0.1, -0.05) is 90.4 Å². The highest BCUT2D eigenvalue weighted by molar-refractivity contribution is 5.91. The second-order valence-electron chi connectivity index (χ2n) is 6.85. The minimum absolute atomic E-state index is 0.303. The maximum atomic E-state index is 11.4. The zero-order chi connectivity index (χ0) is 19.3. The van der Waals surface area contributed by atoms with Crippen LogP contribution in [0.2, 0.25) is 0 Å². The molecule has 0 fully saturated rings. The van der Waals surface area contributed by atoms with E-state index in [0.717, 1.165) is 25.0 Å². The van der Waals surface area contributed by atoms with Gasteiger partial charge in [0, 0.05) is 12.2 Å². The number of rotatable bonds is 18. The summed E-state index contributed by atoms with van der Waals surface area (Å²) in [6.07, 6.45) is 20.5. The Morgan fingerprint density at radius 2 is 0.962 bits per heavy atom. The number of hydrogen-bond acceptors (Lipinski definition) is 4. The maximum Gasteiger partial charge on any atom is 0.331 e. The summed E-state index contributed by atoms with van der Waals surface area (Å²) >= 11 is 0. The van der Waals surface area contributed by atoms with E-state index >= 15 is 0 Å². The Kier molecular flexibility index (Phi) is 19.0. The minimum atomic E-state index is -0.513. The van der Waals surface area contributed by atoms with Gasteiger partial charge in [0.05, 0.1) is 13.2 Å². The average Bonchev–Trinajstić information content (AvgIpc) is 2.63. The van der Waals surface area contributed by atoms with Crippen molar-refractivity contribution < 1.29 is 19.1 Å². The van der Waals surface area contributed by atoms with E-state index < -0.39 is 11.9 Å². The van der Waals surface area contributed by atoms with Crippen LogP contribution in [0.3, 0.4) is 0 Å². The summed E-state index contributed by atoms with van der Waals surface area (Å²) in [6.45, 7) is 4.71. The second kappa shape index (κ2) is 20.0.